The summed E-state index contributed by atoms with van der Waals surface area (Å²) < 4.78 is 6.59. The molecule has 2 heterocycles. The number of nitro benzene ring substituents is 1. The smallest absolute Gasteiger partial charge is 0.329 e. The third-order valence-electron chi connectivity index (χ3n) is 4.47. The maximum atomic E-state index is 12.6. The van der Waals surface area contributed by atoms with Gasteiger partial charge in [0.25, 0.3) is 11.6 Å². The first-order valence-corrected chi connectivity index (χ1v) is 9.63. The SMILES string of the molecule is O=C1N/C(=C\c2ccc(-c3cccc([N+](=O)[O-])c3)o2)C(=O)N1Cc1ccc(Br)cc1. The lowest BCUT2D eigenvalue weighted by molar-refractivity contribution is -0.384. The van der Waals surface area contributed by atoms with E-state index in [0.717, 1.165) is 14.9 Å². The van der Waals surface area contributed by atoms with Crippen LogP contribution in [0.5, 0.6) is 0 Å². The number of rotatable bonds is 5. The lowest BCUT2D eigenvalue weighted by Gasteiger charge is -2.11. The highest BCUT2D eigenvalue weighted by Gasteiger charge is 2.33. The zero-order chi connectivity index (χ0) is 21.3. The summed E-state index contributed by atoms with van der Waals surface area (Å²) in [5, 5.41) is 13.5. The number of urea groups is 1. The van der Waals surface area contributed by atoms with Gasteiger partial charge in [-0.3, -0.25) is 19.8 Å². The Labute approximate surface area is 179 Å². The molecule has 150 valence electrons. The summed E-state index contributed by atoms with van der Waals surface area (Å²) in [6.45, 7) is 0.145. The number of amides is 3. The monoisotopic (exact) mass is 467 g/mol. The maximum absolute atomic E-state index is 12.6. The number of nitro groups is 1. The standard InChI is InChI=1S/C21H14BrN3O5/c22-15-6-4-13(5-7-15)12-24-20(26)18(23-21(24)27)11-17-8-9-19(30-17)14-2-1-3-16(10-14)25(28)29/h1-11H,12H2,(H,23,27)/b18-11-. The van der Waals surface area contributed by atoms with E-state index in [1.54, 1.807) is 24.3 Å². The van der Waals surface area contributed by atoms with Crippen LogP contribution in [0.2, 0.25) is 0 Å². The summed E-state index contributed by atoms with van der Waals surface area (Å²) in [6, 6.07) is 16.1. The molecular formula is C21H14BrN3O5. The highest BCUT2D eigenvalue weighted by atomic mass is 79.9. The Hall–Kier alpha value is -3.72. The molecule has 0 radical (unpaired) electrons. The molecule has 0 bridgehead atoms. The van der Waals surface area contributed by atoms with Crippen molar-refractivity contribution in [1.82, 2.24) is 10.2 Å². The van der Waals surface area contributed by atoms with E-state index in [4.69, 9.17) is 4.42 Å². The Balaban J connectivity index is 1.53. The average Bonchev–Trinajstić information content (AvgIpc) is 3.30. The van der Waals surface area contributed by atoms with Crippen molar-refractivity contribution in [2.45, 2.75) is 6.54 Å². The largest absolute Gasteiger partial charge is 0.457 e. The third kappa shape index (κ3) is 4.01. The molecule has 3 aromatic rings. The van der Waals surface area contributed by atoms with Gasteiger partial charge in [0.15, 0.2) is 0 Å². The van der Waals surface area contributed by atoms with Crippen LogP contribution >= 0.6 is 15.9 Å². The van der Waals surface area contributed by atoms with Gasteiger partial charge in [0.1, 0.15) is 17.2 Å². The Kier molecular flexibility index (Phi) is 5.20. The number of benzene rings is 2. The van der Waals surface area contributed by atoms with E-state index in [-0.39, 0.29) is 17.9 Å². The molecule has 1 aromatic heterocycles. The molecule has 1 saturated heterocycles. The Morgan fingerprint density at radius 1 is 1.10 bits per heavy atom. The van der Waals surface area contributed by atoms with Gasteiger partial charge >= 0.3 is 6.03 Å². The van der Waals surface area contributed by atoms with Gasteiger partial charge in [0.2, 0.25) is 0 Å². The van der Waals surface area contributed by atoms with Gasteiger partial charge in [-0.05, 0) is 29.8 Å². The van der Waals surface area contributed by atoms with Crippen molar-refractivity contribution >= 4 is 39.6 Å². The van der Waals surface area contributed by atoms with Crippen LogP contribution in [0.15, 0.2) is 75.3 Å². The molecule has 2 aromatic carbocycles. The van der Waals surface area contributed by atoms with E-state index < -0.39 is 16.9 Å². The minimum Gasteiger partial charge on any atom is -0.457 e. The van der Waals surface area contributed by atoms with Crippen LogP contribution < -0.4 is 5.32 Å². The number of nitrogens with one attached hydrogen (secondary N) is 1. The summed E-state index contributed by atoms with van der Waals surface area (Å²) in [7, 11) is 0. The van der Waals surface area contributed by atoms with Crippen molar-refractivity contribution in [2.24, 2.45) is 0 Å². The zero-order valence-corrected chi connectivity index (χ0v) is 17.0. The van der Waals surface area contributed by atoms with Gasteiger partial charge in [-0.15, -0.1) is 0 Å². The topological polar surface area (TPSA) is 106 Å². The van der Waals surface area contributed by atoms with E-state index in [1.165, 1.54) is 18.2 Å². The summed E-state index contributed by atoms with van der Waals surface area (Å²) in [4.78, 5) is 36.4. The number of furan rings is 1. The second-order valence-corrected chi connectivity index (χ2v) is 7.43. The molecular weight excluding hydrogens is 454 g/mol. The second kappa shape index (κ2) is 7.96. The Morgan fingerprint density at radius 2 is 1.87 bits per heavy atom. The molecule has 0 saturated carbocycles. The fourth-order valence-corrected chi connectivity index (χ4v) is 3.25. The number of carbonyl (C=O) groups is 2. The normalized spacial score (nSPS) is 15.0. The summed E-state index contributed by atoms with van der Waals surface area (Å²) in [5.74, 6) is 0.288. The van der Waals surface area contributed by atoms with Crippen LogP contribution in [-0.2, 0) is 11.3 Å². The molecule has 1 aliphatic heterocycles. The number of carbonyl (C=O) groups excluding carboxylic acids is 2. The van der Waals surface area contributed by atoms with Gasteiger partial charge in [-0.25, -0.2) is 4.79 Å². The molecule has 30 heavy (non-hydrogen) atoms. The van der Waals surface area contributed by atoms with Crippen molar-refractivity contribution in [1.29, 1.82) is 0 Å². The number of imide groups is 1. The maximum Gasteiger partial charge on any atom is 0.329 e. The van der Waals surface area contributed by atoms with Crippen molar-refractivity contribution in [3.05, 3.63) is 92.3 Å². The molecule has 4 rings (SSSR count). The highest BCUT2D eigenvalue weighted by molar-refractivity contribution is 9.10. The molecule has 3 amide bonds. The van der Waals surface area contributed by atoms with Crippen LogP contribution in [0.1, 0.15) is 11.3 Å². The number of halogens is 1. The van der Waals surface area contributed by atoms with Crippen LogP contribution in [0.4, 0.5) is 10.5 Å². The first-order valence-electron chi connectivity index (χ1n) is 8.84. The molecule has 0 atom stereocenters. The predicted molar refractivity (Wildman–Crippen MR) is 112 cm³/mol. The predicted octanol–water partition coefficient (Wildman–Crippen LogP) is 4.71. The van der Waals surface area contributed by atoms with Crippen LogP contribution in [0.3, 0.4) is 0 Å². The molecule has 1 aliphatic rings. The number of nitrogens with zero attached hydrogens (tertiary/aromatic N) is 2. The molecule has 0 aliphatic carbocycles. The average molecular weight is 468 g/mol. The van der Waals surface area contributed by atoms with E-state index in [1.807, 2.05) is 24.3 Å². The van der Waals surface area contributed by atoms with Crippen molar-refractivity contribution < 1.29 is 18.9 Å². The molecule has 0 spiro atoms. The van der Waals surface area contributed by atoms with Gasteiger partial charge in [-0.2, -0.15) is 0 Å². The zero-order valence-electron chi connectivity index (χ0n) is 15.4. The molecule has 8 nitrogen and oxygen atoms in total. The van der Waals surface area contributed by atoms with Crippen LogP contribution in [0.25, 0.3) is 17.4 Å². The van der Waals surface area contributed by atoms with Crippen molar-refractivity contribution in [3.63, 3.8) is 0 Å². The summed E-state index contributed by atoms with van der Waals surface area (Å²) in [5.41, 5.74) is 1.39. The Bertz CT molecular complexity index is 1180. The first kappa shape index (κ1) is 19.6. The van der Waals surface area contributed by atoms with Crippen molar-refractivity contribution in [3.8, 4) is 11.3 Å². The van der Waals surface area contributed by atoms with Gasteiger partial charge in [0.05, 0.1) is 11.5 Å². The fraction of sp³-hybridized carbons (Fsp3) is 0.0476. The fourth-order valence-electron chi connectivity index (χ4n) is 2.99. The number of hydrogen-bond acceptors (Lipinski definition) is 5. The van der Waals surface area contributed by atoms with E-state index in [0.29, 0.717) is 17.1 Å². The van der Waals surface area contributed by atoms with Gasteiger partial charge < -0.3 is 9.73 Å². The number of hydrogen-bond donors (Lipinski definition) is 1. The molecule has 0 unspecified atom stereocenters. The molecule has 9 heteroatoms. The summed E-state index contributed by atoms with van der Waals surface area (Å²) >= 11 is 3.35. The van der Waals surface area contributed by atoms with Gasteiger partial charge in [-0.1, -0.05) is 40.2 Å². The van der Waals surface area contributed by atoms with Gasteiger partial charge in [0, 0.05) is 28.2 Å². The molecule has 1 fully saturated rings. The number of non-ortho nitro benzene ring substituents is 1. The quantitative estimate of drug-likeness (QED) is 0.253. The lowest BCUT2D eigenvalue weighted by atomic mass is 10.1. The highest BCUT2D eigenvalue weighted by Crippen LogP contribution is 2.27. The second-order valence-electron chi connectivity index (χ2n) is 6.52. The molecule has 1 N–H and O–H groups in total. The third-order valence-corrected chi connectivity index (χ3v) is 5.00. The van der Waals surface area contributed by atoms with Crippen LogP contribution in [0, 0.1) is 10.1 Å². The minimum atomic E-state index is -0.514. The lowest BCUT2D eigenvalue weighted by Crippen LogP contribution is -2.30. The van der Waals surface area contributed by atoms with E-state index >= 15 is 0 Å². The summed E-state index contributed by atoms with van der Waals surface area (Å²) in [6.07, 6.45) is 1.43. The van der Waals surface area contributed by atoms with Crippen LogP contribution in [-0.4, -0.2) is 21.8 Å². The Morgan fingerprint density at radius 3 is 2.60 bits per heavy atom. The van der Waals surface area contributed by atoms with E-state index in [9.17, 15) is 19.7 Å². The van der Waals surface area contributed by atoms with Crippen molar-refractivity contribution in [2.75, 3.05) is 0 Å². The first-order chi connectivity index (χ1) is 14.4. The minimum absolute atomic E-state index is 0.0503. The van der Waals surface area contributed by atoms with E-state index in [2.05, 4.69) is 21.2 Å².